The second kappa shape index (κ2) is 8.04. The lowest BCUT2D eigenvalue weighted by Crippen LogP contribution is -2.03. The van der Waals surface area contributed by atoms with Crippen molar-refractivity contribution in [1.82, 2.24) is 0 Å². The van der Waals surface area contributed by atoms with E-state index in [4.69, 9.17) is 4.74 Å². The Balaban J connectivity index is 2.95. The third kappa shape index (κ3) is 7.84. The third-order valence-corrected chi connectivity index (χ3v) is 1.99. The molecule has 11 heavy (non-hydrogen) atoms. The minimum atomic E-state index is -0.202. The van der Waals surface area contributed by atoms with Gasteiger partial charge in [0.2, 0.25) is 0 Å². The molecule has 0 aliphatic rings. The molecule has 0 aromatic heterocycles. The van der Waals surface area contributed by atoms with Crippen molar-refractivity contribution in [3.63, 3.8) is 0 Å². The molecule has 65 valence electrons. The largest absolute Gasteiger partial charge is 0.378 e. The van der Waals surface area contributed by atoms with Gasteiger partial charge >= 0.3 is 0 Å². The number of hydrogen-bond donors (Lipinski definition) is 0. The number of thioether (sulfide) groups is 1. The topological polar surface area (TPSA) is 46.2 Å². The van der Waals surface area contributed by atoms with E-state index in [2.05, 4.69) is 0 Å². The minimum absolute atomic E-state index is 0.177. The molecule has 0 unspecified atom stereocenters. The minimum Gasteiger partial charge on any atom is -0.378 e. The molecule has 0 aliphatic carbocycles. The molecule has 3 nitrogen and oxygen atoms in total. The van der Waals surface area contributed by atoms with E-state index in [0.717, 1.165) is 0 Å². The van der Waals surface area contributed by atoms with Gasteiger partial charge in [0.25, 0.3) is 0 Å². The van der Waals surface area contributed by atoms with Crippen molar-refractivity contribution < 1.29 is 14.6 Å². The molecule has 0 aromatic carbocycles. The molecular weight excluding hydrogens is 164 g/mol. The molecule has 0 spiro atoms. The predicted octanol–water partition coefficient (Wildman–Crippen LogP) is 1.10. The molecule has 0 atom stereocenters. The van der Waals surface area contributed by atoms with Crippen molar-refractivity contribution in [2.75, 3.05) is 25.6 Å². The third-order valence-electron chi connectivity index (χ3n) is 1.01. The highest BCUT2D eigenvalue weighted by Gasteiger charge is 1.97. The van der Waals surface area contributed by atoms with Crippen LogP contribution in [0.5, 0.6) is 0 Å². The number of rotatable bonds is 6. The lowest BCUT2D eigenvalue weighted by atomic mass is 10.6. The molecule has 0 fully saturated rings. The molecule has 0 heterocycles. The second-order valence-electron chi connectivity index (χ2n) is 1.89. The Labute approximate surface area is 71.1 Å². The van der Waals surface area contributed by atoms with Crippen LogP contribution in [0.25, 0.3) is 0 Å². The summed E-state index contributed by atoms with van der Waals surface area (Å²) in [6, 6.07) is 0. The zero-order valence-electron chi connectivity index (χ0n) is 6.67. The zero-order chi connectivity index (χ0) is 8.53. The number of hydrogen-bond acceptors (Lipinski definition) is 3. The lowest BCUT2D eigenvalue weighted by molar-refractivity contribution is -0.110. The average molecular weight is 177 g/mol. The van der Waals surface area contributed by atoms with E-state index in [0.29, 0.717) is 18.8 Å². The normalized spacial score (nSPS) is 10.0. The molecule has 0 amide bonds. The summed E-state index contributed by atoms with van der Waals surface area (Å²) in [5.74, 6) is 0.659. The Bertz CT molecular complexity index is 106. The van der Waals surface area contributed by atoms with Gasteiger partial charge in [0.05, 0.1) is 13.2 Å². The molecule has 0 rings (SSSR count). The molecular formula is C7H13O3S. The predicted molar refractivity (Wildman–Crippen MR) is 44.1 cm³/mol. The SMILES string of the molecule is CCC(=O)SCCOCC[O]. The Hall–Kier alpha value is -0.0600. The Morgan fingerprint density at radius 2 is 2.18 bits per heavy atom. The molecule has 0 aliphatic heterocycles. The summed E-state index contributed by atoms with van der Waals surface area (Å²) in [7, 11) is 0. The van der Waals surface area contributed by atoms with Crippen LogP contribution < -0.4 is 0 Å². The average Bonchev–Trinajstić information content (AvgIpc) is 2.04. The first-order chi connectivity index (χ1) is 5.31. The Kier molecular flexibility index (Phi) is 8.00. The van der Waals surface area contributed by atoms with E-state index in [9.17, 15) is 9.90 Å². The van der Waals surface area contributed by atoms with Gasteiger partial charge in [0.15, 0.2) is 5.12 Å². The number of ether oxygens (including phenoxy) is 1. The van der Waals surface area contributed by atoms with Crippen LogP contribution in [-0.2, 0) is 14.6 Å². The first-order valence-electron chi connectivity index (χ1n) is 3.62. The van der Waals surface area contributed by atoms with Gasteiger partial charge in [-0.05, 0) is 0 Å². The van der Waals surface area contributed by atoms with Gasteiger partial charge in [-0.2, -0.15) is 0 Å². The Morgan fingerprint density at radius 1 is 1.45 bits per heavy atom. The van der Waals surface area contributed by atoms with E-state index in [-0.39, 0.29) is 18.3 Å². The highest BCUT2D eigenvalue weighted by Crippen LogP contribution is 2.03. The molecule has 0 saturated heterocycles. The number of carbonyl (C=O) groups excluding carboxylic acids is 1. The fourth-order valence-corrected chi connectivity index (χ4v) is 1.11. The summed E-state index contributed by atoms with van der Waals surface area (Å²) in [5, 5.41) is 10.1. The number of carbonyl (C=O) groups is 1. The fraction of sp³-hybridized carbons (Fsp3) is 0.857. The molecule has 0 saturated carbocycles. The molecule has 0 bridgehead atoms. The van der Waals surface area contributed by atoms with Crippen LogP contribution in [0.2, 0.25) is 0 Å². The second-order valence-corrected chi connectivity index (χ2v) is 3.04. The van der Waals surface area contributed by atoms with Crippen LogP contribution >= 0.6 is 11.8 Å². The van der Waals surface area contributed by atoms with Crippen LogP contribution in [0.4, 0.5) is 0 Å². The maximum atomic E-state index is 10.7. The summed E-state index contributed by atoms with van der Waals surface area (Å²) in [5.41, 5.74) is 0. The van der Waals surface area contributed by atoms with Gasteiger partial charge in [0.1, 0.15) is 6.61 Å². The van der Waals surface area contributed by atoms with E-state index < -0.39 is 0 Å². The maximum Gasteiger partial charge on any atom is 0.188 e. The van der Waals surface area contributed by atoms with Crippen molar-refractivity contribution >= 4 is 16.9 Å². The Morgan fingerprint density at radius 3 is 2.73 bits per heavy atom. The summed E-state index contributed by atoms with van der Waals surface area (Å²) < 4.78 is 4.89. The van der Waals surface area contributed by atoms with Crippen molar-refractivity contribution in [2.24, 2.45) is 0 Å². The van der Waals surface area contributed by atoms with Crippen molar-refractivity contribution in [2.45, 2.75) is 13.3 Å². The summed E-state index contributed by atoms with van der Waals surface area (Å²) >= 11 is 1.26. The first-order valence-corrected chi connectivity index (χ1v) is 4.61. The van der Waals surface area contributed by atoms with E-state index >= 15 is 0 Å². The van der Waals surface area contributed by atoms with Crippen LogP contribution in [0.1, 0.15) is 13.3 Å². The fourth-order valence-electron chi connectivity index (χ4n) is 0.477. The highest BCUT2D eigenvalue weighted by atomic mass is 32.2. The lowest BCUT2D eigenvalue weighted by Gasteiger charge is -1.99. The van der Waals surface area contributed by atoms with Gasteiger partial charge in [-0.3, -0.25) is 4.79 Å². The van der Waals surface area contributed by atoms with Crippen LogP contribution in [0.15, 0.2) is 0 Å². The van der Waals surface area contributed by atoms with Crippen molar-refractivity contribution in [3.8, 4) is 0 Å². The smallest absolute Gasteiger partial charge is 0.188 e. The van der Waals surface area contributed by atoms with Crippen LogP contribution in [0.3, 0.4) is 0 Å². The monoisotopic (exact) mass is 177 g/mol. The van der Waals surface area contributed by atoms with Crippen LogP contribution in [0, 0.1) is 0 Å². The van der Waals surface area contributed by atoms with Gasteiger partial charge in [-0.15, -0.1) is 0 Å². The standard InChI is InChI=1S/C7H13O3S/c1-2-7(9)11-6-5-10-4-3-8/h2-6H2,1H3. The molecule has 0 aromatic rings. The quantitative estimate of drug-likeness (QED) is 0.571. The van der Waals surface area contributed by atoms with E-state index in [1.54, 1.807) is 0 Å². The van der Waals surface area contributed by atoms with Crippen molar-refractivity contribution in [3.05, 3.63) is 0 Å². The summed E-state index contributed by atoms with van der Waals surface area (Å²) in [4.78, 5) is 10.7. The molecule has 4 heteroatoms. The van der Waals surface area contributed by atoms with Crippen molar-refractivity contribution in [1.29, 1.82) is 0 Å². The first kappa shape index (κ1) is 10.9. The van der Waals surface area contributed by atoms with Gasteiger partial charge in [-0.1, -0.05) is 18.7 Å². The van der Waals surface area contributed by atoms with Crippen LogP contribution in [-0.4, -0.2) is 30.7 Å². The van der Waals surface area contributed by atoms with E-state index in [1.165, 1.54) is 11.8 Å². The van der Waals surface area contributed by atoms with Gasteiger partial charge < -0.3 is 4.74 Å². The highest BCUT2D eigenvalue weighted by molar-refractivity contribution is 8.13. The zero-order valence-corrected chi connectivity index (χ0v) is 7.49. The maximum absolute atomic E-state index is 10.7. The van der Waals surface area contributed by atoms with E-state index in [1.807, 2.05) is 6.92 Å². The molecule has 1 radical (unpaired) electrons. The van der Waals surface area contributed by atoms with Gasteiger partial charge in [-0.25, -0.2) is 5.11 Å². The molecule has 0 N–H and O–H groups in total. The van der Waals surface area contributed by atoms with Gasteiger partial charge in [0, 0.05) is 12.2 Å². The summed E-state index contributed by atoms with van der Waals surface area (Å²) in [6.07, 6.45) is 0.562. The summed E-state index contributed by atoms with van der Waals surface area (Å²) in [6.45, 7) is 2.37.